The highest BCUT2D eigenvalue weighted by Crippen LogP contribution is 2.36. The standard InChI is InChI=1S/C12H11F2N3O2S/c1-5(15)11-6(2)16-12(20-11)9-7(13)3-4-8(10(9)14)17(18)19/h3-5H,15H2,1-2H3. The molecular weight excluding hydrogens is 288 g/mol. The van der Waals surface area contributed by atoms with Crippen LogP contribution in [-0.4, -0.2) is 9.91 Å². The summed E-state index contributed by atoms with van der Waals surface area (Å²) in [5, 5.41) is 10.8. The maximum absolute atomic E-state index is 14.1. The minimum Gasteiger partial charge on any atom is -0.323 e. The monoisotopic (exact) mass is 299 g/mol. The average Bonchev–Trinajstić information content (AvgIpc) is 2.70. The first-order chi connectivity index (χ1) is 9.32. The number of benzene rings is 1. The number of thiazole rings is 1. The molecule has 0 spiro atoms. The van der Waals surface area contributed by atoms with Gasteiger partial charge in [0.25, 0.3) is 0 Å². The molecule has 1 aromatic heterocycles. The third-order valence-corrected chi connectivity index (χ3v) is 4.10. The highest BCUT2D eigenvalue weighted by molar-refractivity contribution is 7.15. The van der Waals surface area contributed by atoms with E-state index in [0.717, 1.165) is 23.5 Å². The molecule has 1 unspecified atom stereocenters. The lowest BCUT2D eigenvalue weighted by Crippen LogP contribution is -2.03. The van der Waals surface area contributed by atoms with Crippen molar-refractivity contribution in [3.8, 4) is 10.6 Å². The van der Waals surface area contributed by atoms with Crippen LogP contribution in [0.4, 0.5) is 14.5 Å². The molecule has 1 heterocycles. The molecule has 106 valence electrons. The number of nitrogens with zero attached hydrogens (tertiary/aromatic N) is 2. The number of nitro groups is 1. The molecule has 2 rings (SSSR count). The van der Waals surface area contributed by atoms with Gasteiger partial charge in [0.2, 0.25) is 5.82 Å². The van der Waals surface area contributed by atoms with Crippen LogP contribution >= 0.6 is 11.3 Å². The van der Waals surface area contributed by atoms with Crippen LogP contribution in [0.25, 0.3) is 10.6 Å². The molecule has 0 aliphatic carbocycles. The van der Waals surface area contributed by atoms with Crippen LogP contribution in [0.5, 0.6) is 0 Å². The van der Waals surface area contributed by atoms with Gasteiger partial charge in [0.1, 0.15) is 10.8 Å². The third-order valence-electron chi connectivity index (χ3n) is 2.73. The van der Waals surface area contributed by atoms with Crippen molar-refractivity contribution in [2.75, 3.05) is 0 Å². The molecule has 0 saturated heterocycles. The van der Waals surface area contributed by atoms with Crippen LogP contribution in [0.1, 0.15) is 23.5 Å². The van der Waals surface area contributed by atoms with Crippen molar-refractivity contribution in [3.63, 3.8) is 0 Å². The maximum Gasteiger partial charge on any atom is 0.305 e. The summed E-state index contributed by atoms with van der Waals surface area (Å²) in [5.74, 6) is -2.11. The van der Waals surface area contributed by atoms with Gasteiger partial charge >= 0.3 is 5.69 Å². The summed E-state index contributed by atoms with van der Waals surface area (Å²) in [7, 11) is 0. The largest absolute Gasteiger partial charge is 0.323 e. The zero-order valence-corrected chi connectivity index (χ0v) is 11.5. The number of halogens is 2. The lowest BCUT2D eigenvalue weighted by atomic mass is 10.2. The number of hydrogen-bond acceptors (Lipinski definition) is 5. The second-order valence-corrected chi connectivity index (χ2v) is 5.30. The van der Waals surface area contributed by atoms with Crippen LogP contribution in [0, 0.1) is 28.7 Å². The molecule has 2 N–H and O–H groups in total. The van der Waals surface area contributed by atoms with E-state index in [4.69, 9.17) is 5.73 Å². The van der Waals surface area contributed by atoms with Crippen LogP contribution in [0.15, 0.2) is 12.1 Å². The highest BCUT2D eigenvalue weighted by Gasteiger charge is 2.25. The second kappa shape index (κ2) is 5.22. The zero-order chi connectivity index (χ0) is 15.0. The fraction of sp³-hybridized carbons (Fsp3) is 0.250. The molecular formula is C12H11F2N3O2S. The summed E-state index contributed by atoms with van der Waals surface area (Å²) >= 11 is 1.03. The Hall–Kier alpha value is -1.93. The normalized spacial score (nSPS) is 12.4. The number of hydrogen-bond donors (Lipinski definition) is 1. The van der Waals surface area contributed by atoms with Crippen molar-refractivity contribution in [1.29, 1.82) is 0 Å². The van der Waals surface area contributed by atoms with E-state index in [0.29, 0.717) is 10.6 Å². The van der Waals surface area contributed by atoms with E-state index in [2.05, 4.69) is 4.98 Å². The summed E-state index contributed by atoms with van der Waals surface area (Å²) in [4.78, 5) is 14.6. The van der Waals surface area contributed by atoms with Crippen LogP contribution in [-0.2, 0) is 0 Å². The number of nitro benzene ring substituents is 1. The Labute approximate surface area is 117 Å². The van der Waals surface area contributed by atoms with E-state index >= 15 is 0 Å². The van der Waals surface area contributed by atoms with Gasteiger partial charge in [-0.15, -0.1) is 11.3 Å². The van der Waals surface area contributed by atoms with Gasteiger partial charge in [0.15, 0.2) is 0 Å². The highest BCUT2D eigenvalue weighted by atomic mass is 32.1. The van der Waals surface area contributed by atoms with Gasteiger partial charge < -0.3 is 5.73 Å². The molecule has 20 heavy (non-hydrogen) atoms. The molecule has 5 nitrogen and oxygen atoms in total. The number of rotatable bonds is 3. The van der Waals surface area contributed by atoms with Gasteiger partial charge in [-0.2, -0.15) is 4.39 Å². The maximum atomic E-state index is 14.1. The van der Waals surface area contributed by atoms with Crippen molar-refractivity contribution in [1.82, 2.24) is 4.98 Å². The van der Waals surface area contributed by atoms with Gasteiger partial charge in [-0.05, 0) is 19.9 Å². The molecule has 0 fully saturated rings. The van der Waals surface area contributed by atoms with E-state index in [1.807, 2.05) is 0 Å². The lowest BCUT2D eigenvalue weighted by molar-refractivity contribution is -0.387. The van der Waals surface area contributed by atoms with Crippen LogP contribution < -0.4 is 5.73 Å². The van der Waals surface area contributed by atoms with Crippen molar-refractivity contribution in [3.05, 3.63) is 44.5 Å². The van der Waals surface area contributed by atoms with Gasteiger partial charge in [0, 0.05) is 17.0 Å². The number of aryl methyl sites for hydroxylation is 1. The molecule has 1 aromatic carbocycles. The molecule has 2 aromatic rings. The number of aromatic nitrogens is 1. The molecule has 8 heteroatoms. The van der Waals surface area contributed by atoms with Crippen LogP contribution in [0.2, 0.25) is 0 Å². The minimum absolute atomic E-state index is 0.0495. The van der Waals surface area contributed by atoms with Crippen molar-refractivity contribution < 1.29 is 13.7 Å². The molecule has 0 bridgehead atoms. The average molecular weight is 299 g/mol. The summed E-state index contributed by atoms with van der Waals surface area (Å²) in [6, 6.07) is 1.32. The Morgan fingerprint density at radius 3 is 2.60 bits per heavy atom. The molecule has 0 aliphatic rings. The Morgan fingerprint density at radius 2 is 2.10 bits per heavy atom. The smallest absolute Gasteiger partial charge is 0.305 e. The van der Waals surface area contributed by atoms with Crippen LogP contribution in [0.3, 0.4) is 0 Å². The van der Waals surface area contributed by atoms with Gasteiger partial charge in [-0.25, -0.2) is 9.37 Å². The zero-order valence-electron chi connectivity index (χ0n) is 10.7. The van der Waals surface area contributed by atoms with E-state index in [9.17, 15) is 18.9 Å². The first-order valence-corrected chi connectivity index (χ1v) is 6.50. The van der Waals surface area contributed by atoms with Crippen molar-refractivity contribution in [2.24, 2.45) is 5.73 Å². The molecule has 0 aliphatic heterocycles. The SMILES string of the molecule is Cc1nc(-c2c(F)ccc([N+](=O)[O-])c2F)sc1C(C)N. The summed E-state index contributed by atoms with van der Waals surface area (Å²) < 4.78 is 27.9. The van der Waals surface area contributed by atoms with E-state index < -0.39 is 27.8 Å². The first kappa shape index (κ1) is 14.5. The first-order valence-electron chi connectivity index (χ1n) is 5.68. The molecule has 0 radical (unpaired) electrons. The Bertz CT molecular complexity index is 686. The predicted octanol–water partition coefficient (Wildman–Crippen LogP) is 3.32. The molecule has 1 atom stereocenters. The summed E-state index contributed by atoms with van der Waals surface area (Å²) in [5.41, 5.74) is 5.03. The van der Waals surface area contributed by atoms with Crippen molar-refractivity contribution >= 4 is 17.0 Å². The lowest BCUT2D eigenvalue weighted by Gasteiger charge is -2.02. The fourth-order valence-electron chi connectivity index (χ4n) is 1.82. The summed E-state index contributed by atoms with van der Waals surface area (Å²) in [6.45, 7) is 3.40. The van der Waals surface area contributed by atoms with E-state index in [-0.39, 0.29) is 11.0 Å². The van der Waals surface area contributed by atoms with Gasteiger partial charge in [0.05, 0.1) is 16.2 Å². The third kappa shape index (κ3) is 2.39. The quantitative estimate of drug-likeness (QED) is 0.696. The molecule has 0 saturated carbocycles. The molecule has 0 amide bonds. The van der Waals surface area contributed by atoms with E-state index in [1.54, 1.807) is 13.8 Å². The Balaban J connectivity index is 2.66. The fourth-order valence-corrected chi connectivity index (χ4v) is 2.88. The minimum atomic E-state index is -1.22. The predicted molar refractivity (Wildman–Crippen MR) is 71.5 cm³/mol. The van der Waals surface area contributed by atoms with Gasteiger partial charge in [-0.1, -0.05) is 0 Å². The second-order valence-electron chi connectivity index (χ2n) is 4.27. The Morgan fingerprint density at radius 1 is 1.45 bits per heavy atom. The van der Waals surface area contributed by atoms with Gasteiger partial charge in [-0.3, -0.25) is 10.1 Å². The number of nitrogens with two attached hydrogens (primary N) is 1. The Kier molecular flexibility index (Phi) is 3.78. The van der Waals surface area contributed by atoms with E-state index in [1.165, 1.54) is 0 Å². The van der Waals surface area contributed by atoms with Crippen molar-refractivity contribution in [2.45, 2.75) is 19.9 Å². The topological polar surface area (TPSA) is 82.0 Å². The summed E-state index contributed by atoms with van der Waals surface area (Å²) in [6.07, 6.45) is 0.